The Morgan fingerprint density at radius 2 is 1.73 bits per heavy atom. The van der Waals surface area contributed by atoms with E-state index in [1.807, 2.05) is 18.2 Å². The fourth-order valence-electron chi connectivity index (χ4n) is 3.06. The number of anilines is 2. The summed E-state index contributed by atoms with van der Waals surface area (Å²) in [4.78, 5) is 9.27. The lowest BCUT2D eigenvalue weighted by Gasteiger charge is -2.35. The van der Waals surface area contributed by atoms with Gasteiger partial charge >= 0.3 is 0 Å². The van der Waals surface area contributed by atoms with Crippen LogP contribution in [0.2, 0.25) is 5.02 Å². The summed E-state index contributed by atoms with van der Waals surface area (Å²) in [6.07, 6.45) is 0.624. The van der Waals surface area contributed by atoms with Crippen molar-refractivity contribution in [3.8, 4) is 0 Å². The van der Waals surface area contributed by atoms with Crippen LogP contribution < -0.4 is 9.80 Å². The maximum absolute atomic E-state index is 13.0. The molecule has 0 spiro atoms. The van der Waals surface area contributed by atoms with Crippen molar-refractivity contribution in [2.75, 3.05) is 36.0 Å². The molecule has 7 heteroatoms. The molecule has 0 saturated carbocycles. The predicted molar refractivity (Wildman–Crippen MR) is 105 cm³/mol. The Morgan fingerprint density at radius 3 is 2.46 bits per heavy atom. The number of rotatable bonds is 4. The van der Waals surface area contributed by atoms with E-state index < -0.39 is 0 Å². The van der Waals surface area contributed by atoms with Gasteiger partial charge in [0.15, 0.2) is 0 Å². The third-order valence-electron chi connectivity index (χ3n) is 4.46. The van der Waals surface area contributed by atoms with Crippen LogP contribution in [0.3, 0.4) is 0 Å². The quantitative estimate of drug-likeness (QED) is 0.668. The summed E-state index contributed by atoms with van der Waals surface area (Å²) in [5.74, 6) is 0.562. The van der Waals surface area contributed by atoms with Gasteiger partial charge in [0.2, 0.25) is 5.13 Å². The van der Waals surface area contributed by atoms with Gasteiger partial charge in [0.25, 0.3) is 0 Å². The monoisotopic (exact) mass is 388 g/mol. The second-order valence-corrected chi connectivity index (χ2v) is 7.42. The fourth-order valence-corrected chi connectivity index (χ4v) is 3.98. The molecular weight excluding hydrogens is 371 g/mol. The highest BCUT2D eigenvalue weighted by atomic mass is 35.5. The first kappa shape index (κ1) is 17.2. The average molecular weight is 389 g/mol. The highest BCUT2D eigenvalue weighted by Gasteiger charge is 2.20. The molecule has 0 bridgehead atoms. The molecule has 0 radical (unpaired) electrons. The lowest BCUT2D eigenvalue weighted by atomic mass is 10.1. The molecule has 2 aromatic carbocycles. The molecule has 1 aliphatic rings. The minimum atomic E-state index is -0.224. The third-order valence-corrected chi connectivity index (χ3v) is 5.51. The number of hydrogen-bond donors (Lipinski definition) is 0. The fraction of sp³-hybridized carbons (Fsp3) is 0.263. The molecule has 26 heavy (non-hydrogen) atoms. The topological polar surface area (TPSA) is 32.3 Å². The molecule has 4 nitrogen and oxygen atoms in total. The summed E-state index contributed by atoms with van der Waals surface area (Å²) >= 11 is 7.52. The number of nitrogens with zero attached hydrogens (tertiary/aromatic N) is 4. The van der Waals surface area contributed by atoms with E-state index in [9.17, 15) is 4.39 Å². The van der Waals surface area contributed by atoms with E-state index in [1.165, 1.54) is 23.7 Å². The molecule has 134 valence electrons. The van der Waals surface area contributed by atoms with Crippen molar-refractivity contribution in [1.29, 1.82) is 0 Å². The molecule has 0 aliphatic carbocycles. The van der Waals surface area contributed by atoms with Crippen LogP contribution >= 0.6 is 23.1 Å². The minimum absolute atomic E-state index is 0.224. The van der Waals surface area contributed by atoms with Gasteiger partial charge in [-0.3, -0.25) is 0 Å². The lowest BCUT2D eigenvalue weighted by Crippen LogP contribution is -2.46. The zero-order valence-electron chi connectivity index (χ0n) is 14.1. The van der Waals surface area contributed by atoms with Gasteiger partial charge in [-0.1, -0.05) is 29.8 Å². The smallest absolute Gasteiger partial charge is 0.205 e. The van der Waals surface area contributed by atoms with Crippen molar-refractivity contribution in [1.82, 2.24) is 9.36 Å². The Kier molecular flexibility index (Phi) is 5.04. The van der Waals surface area contributed by atoms with Crippen molar-refractivity contribution in [2.24, 2.45) is 0 Å². The SMILES string of the molecule is Fc1ccc(Cc2nsc(N3CCN(c4cccc(Cl)c4)CC3)n2)cc1. The zero-order valence-corrected chi connectivity index (χ0v) is 15.7. The molecule has 2 heterocycles. The van der Waals surface area contributed by atoms with Crippen LogP contribution in [0.4, 0.5) is 15.2 Å². The van der Waals surface area contributed by atoms with E-state index in [1.54, 1.807) is 12.1 Å². The maximum atomic E-state index is 13.0. The van der Waals surface area contributed by atoms with Gasteiger partial charge in [-0.2, -0.15) is 4.37 Å². The normalized spacial score (nSPS) is 14.7. The Hall–Kier alpha value is -2.18. The van der Waals surface area contributed by atoms with Gasteiger partial charge in [0.05, 0.1) is 0 Å². The highest BCUT2D eigenvalue weighted by molar-refractivity contribution is 7.09. The first-order chi connectivity index (χ1) is 12.7. The van der Waals surface area contributed by atoms with E-state index in [0.717, 1.165) is 53.4 Å². The first-order valence-corrected chi connectivity index (χ1v) is 9.65. The van der Waals surface area contributed by atoms with E-state index >= 15 is 0 Å². The van der Waals surface area contributed by atoms with E-state index in [2.05, 4.69) is 25.2 Å². The number of halogens is 2. The predicted octanol–water partition coefficient (Wildman–Crippen LogP) is 4.25. The molecule has 1 saturated heterocycles. The molecular formula is C19H18ClFN4S. The first-order valence-electron chi connectivity index (χ1n) is 8.50. The minimum Gasteiger partial charge on any atom is -0.368 e. The summed E-state index contributed by atoms with van der Waals surface area (Å²) in [5.41, 5.74) is 2.17. The van der Waals surface area contributed by atoms with Crippen molar-refractivity contribution in [2.45, 2.75) is 6.42 Å². The van der Waals surface area contributed by atoms with E-state index in [0.29, 0.717) is 6.42 Å². The van der Waals surface area contributed by atoms with Crippen molar-refractivity contribution >= 4 is 34.0 Å². The zero-order chi connectivity index (χ0) is 17.9. The molecule has 1 aliphatic heterocycles. The molecule has 1 fully saturated rings. The Balaban J connectivity index is 1.37. The lowest BCUT2D eigenvalue weighted by molar-refractivity contribution is 0.627. The summed E-state index contributed by atoms with van der Waals surface area (Å²) in [6.45, 7) is 3.65. The van der Waals surface area contributed by atoms with Crippen LogP contribution in [0.25, 0.3) is 0 Å². The van der Waals surface area contributed by atoms with E-state index in [4.69, 9.17) is 11.6 Å². The van der Waals surface area contributed by atoms with Crippen LogP contribution in [0.1, 0.15) is 11.4 Å². The van der Waals surface area contributed by atoms with Crippen LogP contribution in [-0.4, -0.2) is 35.5 Å². The standard InChI is InChI=1S/C19H18ClFN4S/c20-15-2-1-3-17(13-15)24-8-10-25(11-9-24)19-22-18(23-26-19)12-14-4-6-16(21)7-5-14/h1-7,13H,8-12H2. The van der Waals surface area contributed by atoms with Crippen LogP contribution in [-0.2, 0) is 6.42 Å². The van der Waals surface area contributed by atoms with Gasteiger partial charge in [-0.15, -0.1) is 0 Å². The van der Waals surface area contributed by atoms with Gasteiger partial charge in [-0.25, -0.2) is 9.37 Å². The van der Waals surface area contributed by atoms with Gasteiger partial charge in [0.1, 0.15) is 11.6 Å². The Morgan fingerprint density at radius 1 is 1.00 bits per heavy atom. The summed E-state index contributed by atoms with van der Waals surface area (Å²) in [7, 11) is 0. The molecule has 0 amide bonds. The summed E-state index contributed by atoms with van der Waals surface area (Å²) in [5, 5.41) is 1.72. The molecule has 4 rings (SSSR count). The van der Waals surface area contributed by atoms with Crippen molar-refractivity contribution in [3.63, 3.8) is 0 Å². The second kappa shape index (κ2) is 7.60. The van der Waals surface area contributed by atoms with Crippen molar-refractivity contribution < 1.29 is 4.39 Å². The molecule has 0 unspecified atom stereocenters. The van der Waals surface area contributed by atoms with E-state index in [-0.39, 0.29) is 5.82 Å². The largest absolute Gasteiger partial charge is 0.368 e. The Labute approximate surface area is 161 Å². The molecule has 3 aromatic rings. The second-order valence-electron chi connectivity index (χ2n) is 6.25. The average Bonchev–Trinajstić information content (AvgIpc) is 3.12. The summed E-state index contributed by atoms with van der Waals surface area (Å²) < 4.78 is 17.5. The highest BCUT2D eigenvalue weighted by Crippen LogP contribution is 2.24. The van der Waals surface area contributed by atoms with Gasteiger partial charge < -0.3 is 9.80 Å². The number of piperazine rings is 1. The van der Waals surface area contributed by atoms with Crippen molar-refractivity contribution in [3.05, 3.63) is 70.8 Å². The molecule has 0 atom stereocenters. The third kappa shape index (κ3) is 3.97. The number of benzene rings is 2. The molecule has 0 N–H and O–H groups in total. The Bertz CT molecular complexity index is 875. The number of hydrogen-bond acceptors (Lipinski definition) is 5. The van der Waals surface area contributed by atoms with Gasteiger partial charge in [-0.05, 0) is 35.9 Å². The molecule has 1 aromatic heterocycles. The maximum Gasteiger partial charge on any atom is 0.205 e. The summed E-state index contributed by atoms with van der Waals surface area (Å²) in [6, 6.07) is 14.5. The van der Waals surface area contributed by atoms with Crippen LogP contribution in [0.15, 0.2) is 48.5 Å². The van der Waals surface area contributed by atoms with Crippen LogP contribution in [0.5, 0.6) is 0 Å². The van der Waals surface area contributed by atoms with Gasteiger partial charge in [0, 0.05) is 54.8 Å². The number of aromatic nitrogens is 2. The van der Waals surface area contributed by atoms with Crippen LogP contribution in [0, 0.1) is 5.82 Å².